The van der Waals surface area contributed by atoms with Gasteiger partial charge in [-0.3, -0.25) is 11.3 Å². The van der Waals surface area contributed by atoms with E-state index in [4.69, 9.17) is 5.84 Å². The van der Waals surface area contributed by atoms with Crippen LogP contribution in [0.25, 0.3) is 0 Å². The van der Waals surface area contributed by atoms with E-state index in [0.29, 0.717) is 6.04 Å². The molecule has 0 spiro atoms. The van der Waals surface area contributed by atoms with Gasteiger partial charge in [-0.25, -0.2) is 0 Å². The molecule has 1 rings (SSSR count). The minimum atomic E-state index is 0.548. The molecule has 0 bridgehead atoms. The van der Waals surface area contributed by atoms with E-state index in [9.17, 15) is 0 Å². The first-order valence-corrected chi connectivity index (χ1v) is 4.55. The molecule has 0 amide bonds. The highest BCUT2D eigenvalue weighted by atomic mass is 15.2. The molecule has 1 aliphatic rings. The van der Waals surface area contributed by atoms with Gasteiger partial charge >= 0.3 is 0 Å². The largest absolute Gasteiger partial charge is 0.304 e. The molecule has 0 radical (unpaired) electrons. The second-order valence-corrected chi connectivity index (χ2v) is 3.23. The Bertz CT molecular complexity index is 93.5. The van der Waals surface area contributed by atoms with Crippen LogP contribution in [0.3, 0.4) is 0 Å². The van der Waals surface area contributed by atoms with Crippen molar-refractivity contribution in [1.82, 2.24) is 10.3 Å². The van der Waals surface area contributed by atoms with Gasteiger partial charge in [0.05, 0.1) is 0 Å². The van der Waals surface area contributed by atoms with Gasteiger partial charge < -0.3 is 4.90 Å². The van der Waals surface area contributed by atoms with Gasteiger partial charge in [0.2, 0.25) is 0 Å². The molecule has 66 valence electrons. The predicted octanol–water partition coefficient (Wildman–Crippen LogP) is 0.324. The van der Waals surface area contributed by atoms with Crippen LogP contribution in [0, 0.1) is 0 Å². The monoisotopic (exact) mass is 157 g/mol. The lowest BCUT2D eigenvalue weighted by molar-refractivity contribution is 0.297. The van der Waals surface area contributed by atoms with E-state index in [-0.39, 0.29) is 0 Å². The minimum absolute atomic E-state index is 0.548. The molecule has 3 nitrogen and oxygen atoms in total. The fourth-order valence-electron chi connectivity index (χ4n) is 1.64. The summed E-state index contributed by atoms with van der Waals surface area (Å²) in [5.74, 6) is 5.39. The fraction of sp³-hybridized carbons (Fsp3) is 1.00. The predicted molar refractivity (Wildman–Crippen MR) is 47.1 cm³/mol. The standard InChI is InChI=1S/C8H19N3/c1-2-11-6-3-4-8(10-9)5-7-11/h8,10H,2-7,9H2,1H3. The number of hydrogen-bond acceptors (Lipinski definition) is 3. The summed E-state index contributed by atoms with van der Waals surface area (Å²) in [5, 5.41) is 0. The Morgan fingerprint density at radius 3 is 2.91 bits per heavy atom. The molecule has 0 aromatic rings. The maximum Gasteiger partial charge on any atom is 0.0223 e. The molecule has 1 unspecified atom stereocenters. The molecule has 0 aromatic carbocycles. The number of nitrogens with two attached hydrogens (primary N) is 1. The van der Waals surface area contributed by atoms with E-state index in [2.05, 4.69) is 17.2 Å². The second-order valence-electron chi connectivity index (χ2n) is 3.23. The first kappa shape index (κ1) is 8.97. The molecule has 3 N–H and O–H groups in total. The number of hydrazine groups is 1. The number of nitrogens with zero attached hydrogens (tertiary/aromatic N) is 1. The summed E-state index contributed by atoms with van der Waals surface area (Å²) in [6.07, 6.45) is 3.71. The molecule has 0 aromatic heterocycles. The van der Waals surface area contributed by atoms with E-state index in [1.807, 2.05) is 0 Å². The summed E-state index contributed by atoms with van der Waals surface area (Å²) in [6.45, 7) is 5.84. The van der Waals surface area contributed by atoms with Crippen molar-refractivity contribution in [2.24, 2.45) is 5.84 Å². The van der Waals surface area contributed by atoms with Gasteiger partial charge in [-0.1, -0.05) is 6.92 Å². The van der Waals surface area contributed by atoms with Crippen LogP contribution in [-0.2, 0) is 0 Å². The molecule has 1 fully saturated rings. The van der Waals surface area contributed by atoms with Gasteiger partial charge in [-0.15, -0.1) is 0 Å². The molecule has 3 heteroatoms. The number of hydrogen-bond donors (Lipinski definition) is 2. The van der Waals surface area contributed by atoms with Crippen molar-refractivity contribution in [2.45, 2.75) is 32.2 Å². The van der Waals surface area contributed by atoms with E-state index < -0.39 is 0 Å². The smallest absolute Gasteiger partial charge is 0.0223 e. The molecule has 1 heterocycles. The van der Waals surface area contributed by atoms with Gasteiger partial charge in [0.15, 0.2) is 0 Å². The van der Waals surface area contributed by atoms with Crippen LogP contribution in [0.2, 0.25) is 0 Å². The molecule has 1 saturated heterocycles. The van der Waals surface area contributed by atoms with Gasteiger partial charge in [0.25, 0.3) is 0 Å². The van der Waals surface area contributed by atoms with Crippen LogP contribution in [0.4, 0.5) is 0 Å². The Labute approximate surface area is 68.9 Å². The number of nitrogens with one attached hydrogen (secondary N) is 1. The summed E-state index contributed by atoms with van der Waals surface area (Å²) in [4.78, 5) is 2.48. The number of rotatable bonds is 2. The van der Waals surface area contributed by atoms with Crippen LogP contribution in [-0.4, -0.2) is 30.6 Å². The maximum absolute atomic E-state index is 5.39. The average molecular weight is 157 g/mol. The van der Waals surface area contributed by atoms with Crippen molar-refractivity contribution >= 4 is 0 Å². The number of likely N-dealkylation sites (tertiary alicyclic amines) is 1. The molecule has 1 atom stereocenters. The van der Waals surface area contributed by atoms with E-state index >= 15 is 0 Å². The highest BCUT2D eigenvalue weighted by Gasteiger charge is 2.13. The summed E-state index contributed by atoms with van der Waals surface area (Å²) in [6, 6.07) is 0.548. The summed E-state index contributed by atoms with van der Waals surface area (Å²) >= 11 is 0. The fourth-order valence-corrected chi connectivity index (χ4v) is 1.64. The first-order valence-electron chi connectivity index (χ1n) is 4.55. The zero-order valence-corrected chi connectivity index (χ0v) is 7.34. The van der Waals surface area contributed by atoms with Crippen LogP contribution >= 0.6 is 0 Å². The Morgan fingerprint density at radius 1 is 1.45 bits per heavy atom. The Hall–Kier alpha value is -0.120. The van der Waals surface area contributed by atoms with Crippen molar-refractivity contribution in [2.75, 3.05) is 19.6 Å². The molecule has 0 aliphatic carbocycles. The van der Waals surface area contributed by atoms with Crippen molar-refractivity contribution in [1.29, 1.82) is 0 Å². The molecular weight excluding hydrogens is 138 g/mol. The Kier molecular flexibility index (Phi) is 3.83. The summed E-state index contributed by atoms with van der Waals surface area (Å²) < 4.78 is 0. The van der Waals surface area contributed by atoms with Crippen LogP contribution in [0.1, 0.15) is 26.2 Å². The topological polar surface area (TPSA) is 41.3 Å². The van der Waals surface area contributed by atoms with Gasteiger partial charge in [0.1, 0.15) is 0 Å². The van der Waals surface area contributed by atoms with Crippen LogP contribution in [0.15, 0.2) is 0 Å². The lowest BCUT2D eigenvalue weighted by Gasteiger charge is -2.16. The minimum Gasteiger partial charge on any atom is -0.304 e. The van der Waals surface area contributed by atoms with E-state index in [0.717, 1.165) is 0 Å². The summed E-state index contributed by atoms with van der Waals surface area (Å²) in [5.41, 5.74) is 2.86. The third-order valence-electron chi connectivity index (χ3n) is 2.50. The molecule has 1 aliphatic heterocycles. The van der Waals surface area contributed by atoms with Crippen molar-refractivity contribution in [3.63, 3.8) is 0 Å². The van der Waals surface area contributed by atoms with Crippen molar-refractivity contribution in [3.8, 4) is 0 Å². The Morgan fingerprint density at radius 2 is 2.27 bits per heavy atom. The van der Waals surface area contributed by atoms with Gasteiger partial charge in [-0.05, 0) is 38.9 Å². The third-order valence-corrected chi connectivity index (χ3v) is 2.50. The average Bonchev–Trinajstić information content (AvgIpc) is 2.28. The zero-order chi connectivity index (χ0) is 8.10. The first-order chi connectivity index (χ1) is 5.36. The third kappa shape index (κ3) is 2.77. The molecular formula is C8H19N3. The van der Waals surface area contributed by atoms with Crippen LogP contribution in [0.5, 0.6) is 0 Å². The normalized spacial score (nSPS) is 28.4. The van der Waals surface area contributed by atoms with E-state index in [1.54, 1.807) is 0 Å². The summed E-state index contributed by atoms with van der Waals surface area (Å²) in [7, 11) is 0. The Balaban J connectivity index is 2.27. The lowest BCUT2D eigenvalue weighted by Crippen LogP contribution is -2.35. The maximum atomic E-state index is 5.39. The van der Waals surface area contributed by atoms with Gasteiger partial charge in [-0.2, -0.15) is 0 Å². The quantitative estimate of drug-likeness (QED) is 0.448. The van der Waals surface area contributed by atoms with Crippen LogP contribution < -0.4 is 11.3 Å². The highest BCUT2D eigenvalue weighted by molar-refractivity contribution is 4.71. The zero-order valence-electron chi connectivity index (χ0n) is 7.34. The second kappa shape index (κ2) is 4.70. The van der Waals surface area contributed by atoms with Gasteiger partial charge in [0, 0.05) is 6.04 Å². The van der Waals surface area contributed by atoms with Crippen molar-refractivity contribution < 1.29 is 0 Å². The SMILES string of the molecule is CCN1CCCC(NN)CC1. The van der Waals surface area contributed by atoms with Crippen molar-refractivity contribution in [3.05, 3.63) is 0 Å². The van der Waals surface area contributed by atoms with E-state index in [1.165, 1.54) is 38.9 Å². The highest BCUT2D eigenvalue weighted by Crippen LogP contribution is 2.09. The lowest BCUT2D eigenvalue weighted by atomic mass is 10.1. The molecule has 0 saturated carbocycles. The molecule has 11 heavy (non-hydrogen) atoms.